The van der Waals surface area contributed by atoms with Crippen LogP contribution in [0.15, 0.2) is 5.10 Å². The molecule has 1 amide bonds. The highest BCUT2D eigenvalue weighted by molar-refractivity contribution is 7.94. The lowest BCUT2D eigenvalue weighted by Gasteiger charge is -2.35. The number of guanidine groups is 1. The average Bonchev–Trinajstić information content (AvgIpc) is 2.96. The lowest BCUT2D eigenvalue weighted by atomic mass is 9.97. The van der Waals surface area contributed by atoms with Gasteiger partial charge in [0, 0.05) is 0 Å². The summed E-state index contributed by atoms with van der Waals surface area (Å²) >= 11 is -1.33. The van der Waals surface area contributed by atoms with Crippen LogP contribution in [0.5, 0.6) is 0 Å². The van der Waals surface area contributed by atoms with Gasteiger partial charge >= 0.3 is 0 Å². The molecule has 0 radical (unpaired) electrons. The second kappa shape index (κ2) is 7.07. The van der Waals surface area contributed by atoms with Gasteiger partial charge in [0.2, 0.25) is 5.96 Å². The molecule has 0 spiro atoms. The van der Waals surface area contributed by atoms with Crippen molar-refractivity contribution in [3.8, 4) is 0 Å². The van der Waals surface area contributed by atoms with Crippen LogP contribution in [0, 0.1) is 0 Å². The maximum absolute atomic E-state index is 12.8. The highest BCUT2D eigenvalue weighted by Gasteiger charge is 2.46. The average molecular weight is 359 g/mol. The Morgan fingerprint density at radius 3 is 2.38 bits per heavy atom. The third kappa shape index (κ3) is 4.33. The van der Waals surface area contributed by atoms with Crippen LogP contribution in [0.3, 0.4) is 0 Å². The topological polar surface area (TPSA) is 112 Å². The minimum absolute atomic E-state index is 0.0585. The Morgan fingerprint density at radius 1 is 1.29 bits per heavy atom. The zero-order valence-corrected chi connectivity index (χ0v) is 15.9. The van der Waals surface area contributed by atoms with Gasteiger partial charge in [-0.05, 0) is 71.5 Å². The fraction of sp³-hybridized carbons (Fsp3) is 0.867. The number of nitrogens with one attached hydrogen (secondary N) is 3. The van der Waals surface area contributed by atoms with E-state index in [9.17, 15) is 14.5 Å². The molecule has 1 aliphatic heterocycles. The number of amides is 1. The van der Waals surface area contributed by atoms with Crippen molar-refractivity contribution in [1.82, 2.24) is 21.4 Å². The number of hydrogen-bond acceptors (Lipinski definition) is 7. The first-order valence-corrected chi connectivity index (χ1v) is 9.54. The molecule has 1 aliphatic carbocycles. The second-order valence-corrected chi connectivity index (χ2v) is 10.1. The van der Waals surface area contributed by atoms with Gasteiger partial charge in [0.05, 0.1) is 11.6 Å². The van der Waals surface area contributed by atoms with E-state index < -0.39 is 15.9 Å². The van der Waals surface area contributed by atoms with Crippen molar-refractivity contribution in [2.45, 2.75) is 81.9 Å². The fourth-order valence-electron chi connectivity index (χ4n) is 2.66. The summed E-state index contributed by atoms with van der Waals surface area (Å²) < 4.78 is 11.8. The summed E-state index contributed by atoms with van der Waals surface area (Å²) in [6.45, 7) is 9.31. The first kappa shape index (κ1) is 19.3. The third-order valence-electron chi connectivity index (χ3n) is 4.34. The summed E-state index contributed by atoms with van der Waals surface area (Å²) in [5.74, 6) is -0.0465. The largest absolute Gasteiger partial charge is 0.615 e. The lowest BCUT2D eigenvalue weighted by Crippen LogP contribution is -2.56. The minimum atomic E-state index is -1.33. The Labute approximate surface area is 146 Å². The van der Waals surface area contributed by atoms with E-state index in [4.69, 9.17) is 0 Å². The van der Waals surface area contributed by atoms with E-state index >= 15 is 0 Å². The Morgan fingerprint density at radius 2 is 1.88 bits per heavy atom. The quantitative estimate of drug-likeness (QED) is 0.540. The van der Waals surface area contributed by atoms with E-state index in [0.29, 0.717) is 31.6 Å². The monoisotopic (exact) mass is 359 g/mol. The fourth-order valence-corrected chi connectivity index (χ4v) is 4.42. The van der Waals surface area contributed by atoms with Crippen LogP contribution in [0.2, 0.25) is 0 Å². The summed E-state index contributed by atoms with van der Waals surface area (Å²) in [6.07, 6.45) is 2.35. The molecule has 1 heterocycles. The number of rotatable bonds is 3. The molecule has 9 heteroatoms. The van der Waals surface area contributed by atoms with Crippen LogP contribution >= 0.6 is 0 Å². The van der Waals surface area contributed by atoms with Crippen molar-refractivity contribution >= 4 is 23.0 Å². The molecule has 0 bridgehead atoms. The molecule has 1 fully saturated rings. The molecule has 1 saturated carbocycles. The predicted octanol–water partition coefficient (Wildman–Crippen LogP) is 0.328. The minimum Gasteiger partial charge on any atom is -0.615 e. The van der Waals surface area contributed by atoms with Gasteiger partial charge in [0.1, 0.15) is 5.25 Å². The van der Waals surface area contributed by atoms with Gasteiger partial charge in [-0.1, -0.05) is 0 Å². The first-order valence-electron chi connectivity index (χ1n) is 8.32. The SMILES string of the molecule is CC(C)(C)N1N=C(NC(=O)C(C)(C)[S+]([O-])[C@H]2CC[C@@H](O)CC2)NN1. The molecular formula is C15H29N5O3S. The van der Waals surface area contributed by atoms with Crippen molar-refractivity contribution in [2.24, 2.45) is 5.10 Å². The first-order chi connectivity index (χ1) is 11.0. The molecule has 24 heavy (non-hydrogen) atoms. The number of aliphatic hydroxyl groups is 1. The van der Waals surface area contributed by atoms with Gasteiger partial charge in [-0.2, -0.15) is 0 Å². The van der Waals surface area contributed by atoms with E-state index in [1.807, 2.05) is 20.8 Å². The lowest BCUT2D eigenvalue weighted by molar-refractivity contribution is -0.121. The van der Waals surface area contributed by atoms with Crippen LogP contribution in [0.25, 0.3) is 0 Å². The number of carbonyl (C=O) groups excluding carboxylic acids is 1. The standard InChI is InChI=1S/C15H29N5O3S/c1-14(2,3)20-18-13(17-19-20)16-12(22)15(4,5)24(23)11-8-6-10(21)7-9-11/h10-11,19,21H,6-9H2,1-5H3,(H2,16,17,18,22)/t10-,11+,24?. The van der Waals surface area contributed by atoms with Gasteiger partial charge in [0.15, 0.2) is 4.75 Å². The number of hydrazone groups is 1. The van der Waals surface area contributed by atoms with E-state index in [2.05, 4.69) is 21.4 Å². The van der Waals surface area contributed by atoms with Crippen molar-refractivity contribution < 1.29 is 14.5 Å². The van der Waals surface area contributed by atoms with Crippen LogP contribution in [-0.2, 0) is 16.0 Å². The Kier molecular flexibility index (Phi) is 5.68. The van der Waals surface area contributed by atoms with Crippen LogP contribution in [0.1, 0.15) is 60.3 Å². The molecule has 1 unspecified atom stereocenters. The second-order valence-electron chi connectivity index (χ2n) is 7.86. The Balaban J connectivity index is 1.97. The van der Waals surface area contributed by atoms with E-state index in [0.717, 1.165) is 0 Å². The number of hydrazine groups is 2. The Bertz CT molecular complexity index is 498. The maximum Gasteiger partial charge on any atom is 0.282 e. The van der Waals surface area contributed by atoms with Crippen LogP contribution in [0.4, 0.5) is 0 Å². The molecule has 2 rings (SSSR count). The molecule has 0 saturated heterocycles. The van der Waals surface area contributed by atoms with Crippen molar-refractivity contribution in [3.05, 3.63) is 0 Å². The van der Waals surface area contributed by atoms with E-state index in [-0.39, 0.29) is 22.8 Å². The molecule has 2 aliphatic rings. The highest BCUT2D eigenvalue weighted by Crippen LogP contribution is 2.31. The summed E-state index contributed by atoms with van der Waals surface area (Å²) in [5.41, 5.74) is 5.42. The molecule has 0 aromatic carbocycles. The molecular weight excluding hydrogens is 330 g/mol. The number of hydrogen-bond donors (Lipinski definition) is 4. The predicted molar refractivity (Wildman–Crippen MR) is 93.9 cm³/mol. The maximum atomic E-state index is 12.8. The molecule has 1 atom stereocenters. The van der Waals surface area contributed by atoms with Crippen LogP contribution in [-0.4, -0.2) is 48.3 Å². The molecule has 0 aromatic rings. The summed E-state index contributed by atoms with van der Waals surface area (Å²) in [7, 11) is 0. The third-order valence-corrected chi connectivity index (χ3v) is 6.61. The normalized spacial score (nSPS) is 26.6. The van der Waals surface area contributed by atoms with Gasteiger partial charge in [0.25, 0.3) is 5.91 Å². The van der Waals surface area contributed by atoms with Gasteiger partial charge in [-0.25, -0.2) is 5.12 Å². The molecule has 4 N–H and O–H groups in total. The van der Waals surface area contributed by atoms with Gasteiger partial charge < -0.3 is 9.66 Å². The smallest absolute Gasteiger partial charge is 0.282 e. The summed E-state index contributed by atoms with van der Waals surface area (Å²) in [6, 6.07) is 0. The van der Waals surface area contributed by atoms with Crippen molar-refractivity contribution in [2.75, 3.05) is 0 Å². The zero-order chi connectivity index (χ0) is 18.1. The molecule has 0 aromatic heterocycles. The number of carbonyl (C=O) groups is 1. The van der Waals surface area contributed by atoms with E-state index in [1.165, 1.54) is 0 Å². The summed E-state index contributed by atoms with van der Waals surface area (Å²) in [4.78, 5) is 12.6. The van der Waals surface area contributed by atoms with Crippen molar-refractivity contribution in [1.29, 1.82) is 0 Å². The highest BCUT2D eigenvalue weighted by atomic mass is 32.2. The molecule has 8 nitrogen and oxygen atoms in total. The molecule has 138 valence electrons. The van der Waals surface area contributed by atoms with Crippen LogP contribution < -0.4 is 16.3 Å². The van der Waals surface area contributed by atoms with E-state index in [1.54, 1.807) is 19.0 Å². The number of aliphatic hydroxyl groups excluding tert-OH is 1. The van der Waals surface area contributed by atoms with Gasteiger partial charge in [-0.3, -0.25) is 15.5 Å². The van der Waals surface area contributed by atoms with Gasteiger partial charge in [-0.15, -0.1) is 10.6 Å². The van der Waals surface area contributed by atoms with Crippen molar-refractivity contribution in [3.63, 3.8) is 0 Å². The Hall–Kier alpha value is -1.03. The zero-order valence-electron chi connectivity index (χ0n) is 15.0. The summed E-state index contributed by atoms with van der Waals surface area (Å²) in [5, 5.41) is 18.1. The number of nitrogens with zero attached hydrogens (tertiary/aromatic N) is 2.